The largest absolute Gasteiger partial charge is 0.357 e. The van der Waals surface area contributed by atoms with Gasteiger partial charge in [-0.1, -0.05) is 38.5 Å². The SMILES string of the molecule is CC(C)(C)Nc1nc2c(s1)CCCCCCCCCC2. The van der Waals surface area contributed by atoms with Crippen molar-refractivity contribution >= 4 is 16.5 Å². The summed E-state index contributed by atoms with van der Waals surface area (Å²) in [5.74, 6) is 0. The van der Waals surface area contributed by atoms with Crippen LogP contribution in [0.15, 0.2) is 0 Å². The van der Waals surface area contributed by atoms with Gasteiger partial charge in [0.1, 0.15) is 0 Å². The van der Waals surface area contributed by atoms with Gasteiger partial charge in [0.05, 0.1) is 5.69 Å². The molecule has 0 aromatic carbocycles. The molecular weight excluding hydrogens is 264 g/mol. The molecule has 0 aliphatic heterocycles. The molecule has 3 heteroatoms. The number of hydrogen-bond acceptors (Lipinski definition) is 3. The average molecular weight is 295 g/mol. The third kappa shape index (κ3) is 5.43. The van der Waals surface area contributed by atoms with Crippen molar-refractivity contribution in [3.05, 3.63) is 10.6 Å². The quantitative estimate of drug-likeness (QED) is 0.732. The van der Waals surface area contributed by atoms with Crippen molar-refractivity contribution < 1.29 is 0 Å². The van der Waals surface area contributed by atoms with Gasteiger partial charge in [0, 0.05) is 10.4 Å². The summed E-state index contributed by atoms with van der Waals surface area (Å²) < 4.78 is 0. The molecule has 0 saturated heterocycles. The number of thiazole rings is 1. The van der Waals surface area contributed by atoms with Crippen molar-refractivity contribution in [2.24, 2.45) is 0 Å². The summed E-state index contributed by atoms with van der Waals surface area (Å²) in [5.41, 5.74) is 1.48. The van der Waals surface area contributed by atoms with E-state index >= 15 is 0 Å². The molecule has 1 N–H and O–H groups in total. The molecule has 0 amide bonds. The van der Waals surface area contributed by atoms with Crippen molar-refractivity contribution in [3.8, 4) is 0 Å². The third-order valence-electron chi connectivity index (χ3n) is 3.83. The first-order valence-electron chi connectivity index (χ1n) is 8.31. The summed E-state index contributed by atoms with van der Waals surface area (Å²) in [7, 11) is 0. The maximum absolute atomic E-state index is 4.87. The van der Waals surface area contributed by atoms with Gasteiger partial charge in [-0.05, 0) is 46.5 Å². The molecule has 0 unspecified atom stereocenters. The Morgan fingerprint density at radius 2 is 1.40 bits per heavy atom. The van der Waals surface area contributed by atoms with Crippen LogP contribution in [-0.4, -0.2) is 10.5 Å². The molecule has 0 radical (unpaired) electrons. The smallest absolute Gasteiger partial charge is 0.183 e. The monoisotopic (exact) mass is 294 g/mol. The fourth-order valence-corrected chi connectivity index (χ4v) is 4.05. The molecule has 1 heterocycles. The van der Waals surface area contributed by atoms with Crippen LogP contribution in [0.25, 0.3) is 0 Å². The molecular formula is C17H30N2S. The van der Waals surface area contributed by atoms with E-state index in [0.29, 0.717) is 0 Å². The van der Waals surface area contributed by atoms with Gasteiger partial charge in [-0.2, -0.15) is 0 Å². The molecule has 2 nitrogen and oxygen atoms in total. The molecule has 1 aromatic heterocycles. The van der Waals surface area contributed by atoms with Crippen LogP contribution >= 0.6 is 11.3 Å². The summed E-state index contributed by atoms with van der Waals surface area (Å²) in [4.78, 5) is 6.41. The molecule has 0 saturated carbocycles. The minimum atomic E-state index is 0.106. The summed E-state index contributed by atoms with van der Waals surface area (Å²) in [5, 5.41) is 4.67. The predicted molar refractivity (Wildman–Crippen MR) is 89.8 cm³/mol. The van der Waals surface area contributed by atoms with Crippen molar-refractivity contribution in [1.82, 2.24) is 4.98 Å². The van der Waals surface area contributed by atoms with Crippen LogP contribution in [0.5, 0.6) is 0 Å². The number of nitrogens with zero attached hydrogens (tertiary/aromatic N) is 1. The lowest BCUT2D eigenvalue weighted by atomic mass is 10.0. The summed E-state index contributed by atoms with van der Waals surface area (Å²) in [6.45, 7) is 6.61. The standard InChI is InChI=1S/C17H30N2S/c1-17(2,3)19-16-18-14-12-10-8-6-4-5-7-9-11-13-15(14)20-16/h4-13H2,1-3H3,(H,18,19). The second-order valence-electron chi connectivity index (χ2n) is 7.09. The minimum absolute atomic E-state index is 0.106. The Morgan fingerprint density at radius 3 is 2.00 bits per heavy atom. The van der Waals surface area contributed by atoms with Gasteiger partial charge in [0.2, 0.25) is 0 Å². The molecule has 1 aliphatic rings. The third-order valence-corrected chi connectivity index (χ3v) is 4.90. The second kappa shape index (κ2) is 7.44. The lowest BCUT2D eigenvalue weighted by Crippen LogP contribution is -2.25. The lowest BCUT2D eigenvalue weighted by Gasteiger charge is -2.19. The van der Waals surface area contributed by atoms with Crippen LogP contribution in [0.1, 0.15) is 82.7 Å². The summed E-state index contributed by atoms with van der Waals surface area (Å²) in [6, 6.07) is 0. The van der Waals surface area contributed by atoms with Crippen LogP contribution in [0.4, 0.5) is 5.13 Å². The van der Waals surface area contributed by atoms with Crippen molar-refractivity contribution in [1.29, 1.82) is 0 Å². The van der Waals surface area contributed by atoms with Gasteiger partial charge >= 0.3 is 0 Å². The van der Waals surface area contributed by atoms with Gasteiger partial charge in [-0.3, -0.25) is 0 Å². The van der Waals surface area contributed by atoms with E-state index in [1.807, 2.05) is 11.3 Å². The highest BCUT2D eigenvalue weighted by molar-refractivity contribution is 7.15. The van der Waals surface area contributed by atoms with Crippen molar-refractivity contribution in [2.45, 2.75) is 90.5 Å². The van der Waals surface area contributed by atoms with E-state index in [-0.39, 0.29) is 5.54 Å². The number of fused-ring (bicyclic) bond motifs is 1. The molecule has 0 atom stereocenters. The lowest BCUT2D eigenvalue weighted by molar-refractivity contribution is 0.559. The zero-order valence-corrected chi connectivity index (χ0v) is 14.2. The molecule has 20 heavy (non-hydrogen) atoms. The molecule has 1 aliphatic carbocycles. The maximum Gasteiger partial charge on any atom is 0.183 e. The molecule has 114 valence electrons. The number of anilines is 1. The number of aryl methyl sites for hydroxylation is 2. The van der Waals surface area contributed by atoms with E-state index in [1.165, 1.54) is 74.8 Å². The Hall–Kier alpha value is -0.570. The number of hydrogen-bond donors (Lipinski definition) is 1. The fourth-order valence-electron chi connectivity index (χ4n) is 2.79. The van der Waals surface area contributed by atoms with E-state index in [1.54, 1.807) is 0 Å². The first-order chi connectivity index (χ1) is 9.54. The fraction of sp³-hybridized carbons (Fsp3) is 0.824. The van der Waals surface area contributed by atoms with Gasteiger partial charge in [0.15, 0.2) is 5.13 Å². The molecule has 0 fully saturated rings. The Morgan fingerprint density at radius 1 is 0.850 bits per heavy atom. The van der Waals surface area contributed by atoms with E-state index < -0.39 is 0 Å². The molecule has 0 bridgehead atoms. The molecule has 2 rings (SSSR count). The highest BCUT2D eigenvalue weighted by Gasteiger charge is 2.16. The maximum atomic E-state index is 4.87. The molecule has 0 spiro atoms. The van der Waals surface area contributed by atoms with Crippen molar-refractivity contribution in [3.63, 3.8) is 0 Å². The van der Waals surface area contributed by atoms with Gasteiger partial charge < -0.3 is 5.32 Å². The van der Waals surface area contributed by atoms with Crippen LogP contribution in [-0.2, 0) is 12.8 Å². The van der Waals surface area contributed by atoms with E-state index in [2.05, 4.69) is 26.1 Å². The van der Waals surface area contributed by atoms with Crippen LogP contribution < -0.4 is 5.32 Å². The summed E-state index contributed by atoms with van der Waals surface area (Å²) in [6.07, 6.45) is 13.5. The van der Waals surface area contributed by atoms with Crippen molar-refractivity contribution in [2.75, 3.05) is 5.32 Å². The van der Waals surface area contributed by atoms with Crippen LogP contribution in [0.3, 0.4) is 0 Å². The zero-order chi connectivity index (χ0) is 14.4. The van der Waals surface area contributed by atoms with Gasteiger partial charge in [-0.15, -0.1) is 11.3 Å². The Kier molecular flexibility index (Phi) is 5.88. The van der Waals surface area contributed by atoms with E-state index in [0.717, 1.165) is 5.13 Å². The summed E-state index contributed by atoms with van der Waals surface area (Å²) >= 11 is 1.89. The van der Waals surface area contributed by atoms with Gasteiger partial charge in [0.25, 0.3) is 0 Å². The van der Waals surface area contributed by atoms with Crippen LogP contribution in [0.2, 0.25) is 0 Å². The van der Waals surface area contributed by atoms with Gasteiger partial charge in [-0.25, -0.2) is 4.98 Å². The highest BCUT2D eigenvalue weighted by Crippen LogP contribution is 2.29. The molecule has 1 aromatic rings. The Balaban J connectivity index is 2.05. The zero-order valence-electron chi connectivity index (χ0n) is 13.4. The first kappa shape index (κ1) is 15.8. The Labute approximate surface area is 128 Å². The minimum Gasteiger partial charge on any atom is -0.357 e. The van der Waals surface area contributed by atoms with Crippen LogP contribution in [0, 0.1) is 0 Å². The van der Waals surface area contributed by atoms with E-state index in [9.17, 15) is 0 Å². The highest BCUT2D eigenvalue weighted by atomic mass is 32.1. The topological polar surface area (TPSA) is 24.9 Å². The predicted octanol–water partition coefficient (Wildman–Crippen LogP) is 5.57. The number of aromatic nitrogens is 1. The number of rotatable bonds is 1. The Bertz CT molecular complexity index is 374. The first-order valence-corrected chi connectivity index (χ1v) is 9.13. The normalized spacial score (nSPS) is 18.8. The number of nitrogens with one attached hydrogen (secondary N) is 1. The average Bonchev–Trinajstić information content (AvgIpc) is 2.69. The van der Waals surface area contributed by atoms with E-state index in [4.69, 9.17) is 4.98 Å². The second-order valence-corrected chi connectivity index (χ2v) is 8.18.